The number of rotatable bonds is 5. The molecule has 1 heterocycles. The zero-order chi connectivity index (χ0) is 17.6. The quantitative estimate of drug-likeness (QED) is 0.834. The topological polar surface area (TPSA) is 35.6 Å². The van der Waals surface area contributed by atoms with Crippen LogP contribution in [0, 0.1) is 6.92 Å². The molecule has 2 aromatic rings. The Balaban J connectivity index is 1.40. The third kappa shape index (κ3) is 5.06. The first kappa shape index (κ1) is 18.0. The fraction of sp³-hybridized carbons (Fsp3) is 0.350. The highest BCUT2D eigenvalue weighted by molar-refractivity contribution is 9.10. The predicted octanol–water partition coefficient (Wildman–Crippen LogP) is 3.31. The lowest BCUT2D eigenvalue weighted by Crippen LogP contribution is -2.48. The molecule has 1 saturated heterocycles. The number of nitrogens with zero attached hydrogens (tertiary/aromatic N) is 2. The van der Waals surface area contributed by atoms with Gasteiger partial charge in [-0.15, -0.1) is 0 Å². The van der Waals surface area contributed by atoms with Gasteiger partial charge in [-0.1, -0.05) is 28.1 Å². The molecule has 0 spiro atoms. The number of nitrogens with one attached hydrogen (secondary N) is 1. The summed E-state index contributed by atoms with van der Waals surface area (Å²) in [6, 6.07) is 16.1. The molecule has 25 heavy (non-hydrogen) atoms. The Bertz CT molecular complexity index is 709. The van der Waals surface area contributed by atoms with Crippen molar-refractivity contribution in [2.45, 2.75) is 6.92 Å². The second kappa shape index (κ2) is 8.50. The van der Waals surface area contributed by atoms with Gasteiger partial charge in [0.05, 0.1) is 0 Å². The lowest BCUT2D eigenvalue weighted by Gasteiger charge is -2.36. The number of carbonyl (C=O) groups is 1. The SMILES string of the molecule is Cc1cccc(N2CCN(CCNC(=O)c3ccc(Br)cc3)CC2)c1. The van der Waals surface area contributed by atoms with Crippen LogP contribution in [0.3, 0.4) is 0 Å². The zero-order valence-electron chi connectivity index (χ0n) is 14.5. The van der Waals surface area contributed by atoms with Crippen LogP contribution < -0.4 is 10.2 Å². The molecular weight excluding hydrogens is 378 g/mol. The van der Waals surface area contributed by atoms with Gasteiger partial charge in [0.25, 0.3) is 5.91 Å². The molecule has 0 aromatic heterocycles. The molecule has 1 N–H and O–H groups in total. The Morgan fingerprint density at radius 1 is 1.08 bits per heavy atom. The first-order valence-corrected chi connectivity index (χ1v) is 9.49. The average molecular weight is 402 g/mol. The molecule has 0 bridgehead atoms. The normalized spacial score (nSPS) is 15.2. The van der Waals surface area contributed by atoms with Gasteiger partial charge in [-0.3, -0.25) is 9.69 Å². The van der Waals surface area contributed by atoms with Gasteiger partial charge in [0, 0.05) is 55.0 Å². The fourth-order valence-electron chi connectivity index (χ4n) is 3.09. The molecular formula is C20H24BrN3O. The van der Waals surface area contributed by atoms with Crippen LogP contribution in [-0.4, -0.2) is 50.1 Å². The van der Waals surface area contributed by atoms with E-state index in [-0.39, 0.29) is 5.91 Å². The first-order valence-electron chi connectivity index (χ1n) is 8.69. The van der Waals surface area contributed by atoms with Crippen molar-refractivity contribution in [3.8, 4) is 0 Å². The van der Waals surface area contributed by atoms with Crippen LogP contribution in [0.1, 0.15) is 15.9 Å². The van der Waals surface area contributed by atoms with Crippen LogP contribution in [0.2, 0.25) is 0 Å². The lowest BCUT2D eigenvalue weighted by molar-refractivity contribution is 0.0948. The van der Waals surface area contributed by atoms with E-state index in [1.54, 1.807) is 0 Å². The lowest BCUT2D eigenvalue weighted by atomic mass is 10.2. The van der Waals surface area contributed by atoms with Gasteiger partial charge in [-0.25, -0.2) is 0 Å². The molecule has 1 aliphatic heterocycles. The Hall–Kier alpha value is -1.85. The Morgan fingerprint density at radius 3 is 2.48 bits per heavy atom. The van der Waals surface area contributed by atoms with Crippen LogP contribution in [0.25, 0.3) is 0 Å². The van der Waals surface area contributed by atoms with Crippen molar-refractivity contribution in [2.24, 2.45) is 0 Å². The summed E-state index contributed by atoms with van der Waals surface area (Å²) >= 11 is 3.38. The number of piperazine rings is 1. The monoisotopic (exact) mass is 401 g/mol. The standard InChI is InChI=1S/C20H24BrN3O/c1-16-3-2-4-19(15-16)24-13-11-23(12-14-24)10-9-22-20(25)17-5-7-18(21)8-6-17/h2-8,15H,9-14H2,1H3,(H,22,25). The van der Waals surface area contributed by atoms with E-state index in [1.165, 1.54) is 11.3 Å². The number of amides is 1. The molecule has 4 nitrogen and oxygen atoms in total. The van der Waals surface area contributed by atoms with Gasteiger partial charge in [-0.2, -0.15) is 0 Å². The molecule has 0 radical (unpaired) electrons. The summed E-state index contributed by atoms with van der Waals surface area (Å²) in [5.74, 6) is -0.00843. The van der Waals surface area contributed by atoms with E-state index >= 15 is 0 Å². The number of halogens is 1. The van der Waals surface area contributed by atoms with Crippen molar-refractivity contribution < 1.29 is 4.79 Å². The van der Waals surface area contributed by atoms with E-state index < -0.39 is 0 Å². The zero-order valence-corrected chi connectivity index (χ0v) is 16.1. The summed E-state index contributed by atoms with van der Waals surface area (Å²) in [6.07, 6.45) is 0. The summed E-state index contributed by atoms with van der Waals surface area (Å²) in [5, 5.41) is 3.01. The summed E-state index contributed by atoms with van der Waals surface area (Å²) in [4.78, 5) is 17.0. The van der Waals surface area contributed by atoms with Gasteiger partial charge in [0.1, 0.15) is 0 Å². The van der Waals surface area contributed by atoms with Crippen LogP contribution in [0.15, 0.2) is 53.0 Å². The Morgan fingerprint density at radius 2 is 1.80 bits per heavy atom. The van der Waals surface area contributed by atoms with E-state index in [1.807, 2.05) is 24.3 Å². The summed E-state index contributed by atoms with van der Waals surface area (Å²) < 4.78 is 0.982. The highest BCUT2D eigenvalue weighted by Gasteiger charge is 2.17. The molecule has 0 aliphatic carbocycles. The number of anilines is 1. The van der Waals surface area contributed by atoms with E-state index in [0.717, 1.165) is 37.2 Å². The van der Waals surface area contributed by atoms with Crippen LogP contribution >= 0.6 is 15.9 Å². The van der Waals surface area contributed by atoms with Crippen molar-refractivity contribution in [1.82, 2.24) is 10.2 Å². The van der Waals surface area contributed by atoms with Crippen LogP contribution in [0.5, 0.6) is 0 Å². The van der Waals surface area contributed by atoms with Gasteiger partial charge in [0.2, 0.25) is 0 Å². The minimum atomic E-state index is -0.00843. The van der Waals surface area contributed by atoms with Gasteiger partial charge >= 0.3 is 0 Å². The number of hydrogen-bond acceptors (Lipinski definition) is 3. The number of aryl methyl sites for hydroxylation is 1. The number of carbonyl (C=O) groups excluding carboxylic acids is 1. The molecule has 132 valence electrons. The largest absolute Gasteiger partial charge is 0.369 e. The van der Waals surface area contributed by atoms with Crippen molar-refractivity contribution in [2.75, 3.05) is 44.2 Å². The molecule has 5 heteroatoms. The summed E-state index contributed by atoms with van der Waals surface area (Å²) in [5.41, 5.74) is 3.31. The maximum atomic E-state index is 12.1. The summed E-state index contributed by atoms with van der Waals surface area (Å²) in [6.45, 7) is 7.83. The molecule has 1 amide bonds. The van der Waals surface area contributed by atoms with Gasteiger partial charge < -0.3 is 10.2 Å². The summed E-state index contributed by atoms with van der Waals surface area (Å²) in [7, 11) is 0. The molecule has 0 atom stereocenters. The highest BCUT2D eigenvalue weighted by Crippen LogP contribution is 2.17. The van der Waals surface area contributed by atoms with Crippen LogP contribution in [-0.2, 0) is 0 Å². The Labute approximate surface area is 158 Å². The number of hydrogen-bond donors (Lipinski definition) is 1. The number of benzene rings is 2. The third-order valence-electron chi connectivity index (χ3n) is 4.56. The van der Waals surface area contributed by atoms with Gasteiger partial charge in [-0.05, 0) is 48.9 Å². The van der Waals surface area contributed by atoms with E-state index in [9.17, 15) is 4.79 Å². The second-order valence-electron chi connectivity index (χ2n) is 6.43. The molecule has 2 aromatic carbocycles. The smallest absolute Gasteiger partial charge is 0.251 e. The first-order chi connectivity index (χ1) is 12.1. The molecule has 3 rings (SSSR count). The predicted molar refractivity (Wildman–Crippen MR) is 106 cm³/mol. The minimum Gasteiger partial charge on any atom is -0.369 e. The van der Waals surface area contributed by atoms with E-state index in [0.29, 0.717) is 12.1 Å². The molecule has 1 aliphatic rings. The minimum absolute atomic E-state index is 0.00843. The van der Waals surface area contributed by atoms with Crippen molar-refractivity contribution in [1.29, 1.82) is 0 Å². The average Bonchev–Trinajstić information content (AvgIpc) is 2.63. The van der Waals surface area contributed by atoms with E-state index in [4.69, 9.17) is 0 Å². The second-order valence-corrected chi connectivity index (χ2v) is 7.35. The van der Waals surface area contributed by atoms with Gasteiger partial charge in [0.15, 0.2) is 0 Å². The van der Waals surface area contributed by atoms with Crippen molar-refractivity contribution >= 4 is 27.5 Å². The van der Waals surface area contributed by atoms with Crippen LogP contribution in [0.4, 0.5) is 5.69 Å². The third-order valence-corrected chi connectivity index (χ3v) is 5.09. The molecule has 0 saturated carbocycles. The highest BCUT2D eigenvalue weighted by atomic mass is 79.9. The molecule has 1 fully saturated rings. The van der Waals surface area contributed by atoms with Crippen molar-refractivity contribution in [3.05, 3.63) is 64.1 Å². The maximum Gasteiger partial charge on any atom is 0.251 e. The van der Waals surface area contributed by atoms with E-state index in [2.05, 4.69) is 62.2 Å². The Kier molecular flexibility index (Phi) is 6.10. The molecule has 0 unspecified atom stereocenters. The maximum absolute atomic E-state index is 12.1. The fourth-order valence-corrected chi connectivity index (χ4v) is 3.35. The van der Waals surface area contributed by atoms with Crippen molar-refractivity contribution in [3.63, 3.8) is 0 Å².